The van der Waals surface area contributed by atoms with Gasteiger partial charge in [-0.2, -0.15) is 13.2 Å². The molecule has 0 bridgehead atoms. The average Bonchev–Trinajstić information content (AvgIpc) is 2.24. The largest absolute Gasteiger partial charge is 0.389 e. The van der Waals surface area contributed by atoms with Gasteiger partial charge in [-0.05, 0) is 37.6 Å². The van der Waals surface area contributed by atoms with E-state index in [1.165, 1.54) is 0 Å². The summed E-state index contributed by atoms with van der Waals surface area (Å²) in [6.07, 6.45) is -4.71. The van der Waals surface area contributed by atoms with Crippen LogP contribution in [0.4, 0.5) is 13.2 Å². The van der Waals surface area contributed by atoms with E-state index in [1.54, 1.807) is 12.1 Å². The standard InChI is InChI=1S/C12H15ClF3N/c1-9(10-3-5-11(13)6-4-10)17-8-2-7-12(14,15)16/h3-6,9,17H,2,7-8H2,1H3. The molecule has 0 radical (unpaired) electrons. The van der Waals surface area contributed by atoms with E-state index in [1.807, 2.05) is 19.1 Å². The molecule has 1 unspecified atom stereocenters. The van der Waals surface area contributed by atoms with Crippen LogP contribution in [0.25, 0.3) is 0 Å². The van der Waals surface area contributed by atoms with Crippen molar-refractivity contribution in [2.45, 2.75) is 32.0 Å². The Hall–Kier alpha value is -0.740. The smallest absolute Gasteiger partial charge is 0.310 e. The predicted octanol–water partition coefficient (Wildman–Crippen LogP) is 4.33. The first-order valence-corrected chi connectivity index (χ1v) is 5.82. The van der Waals surface area contributed by atoms with Crippen LogP contribution in [0.5, 0.6) is 0 Å². The molecule has 1 nitrogen and oxygen atoms in total. The molecule has 1 atom stereocenters. The summed E-state index contributed by atoms with van der Waals surface area (Å²) >= 11 is 5.75. The molecule has 1 aromatic carbocycles. The molecule has 5 heteroatoms. The van der Waals surface area contributed by atoms with Crippen molar-refractivity contribution < 1.29 is 13.2 Å². The summed E-state index contributed by atoms with van der Waals surface area (Å²) in [6.45, 7) is 2.26. The Bertz CT molecular complexity index is 335. The van der Waals surface area contributed by atoms with E-state index in [2.05, 4.69) is 5.32 Å². The minimum atomic E-state index is -4.06. The zero-order chi connectivity index (χ0) is 12.9. The lowest BCUT2D eigenvalue weighted by Crippen LogP contribution is -2.21. The topological polar surface area (TPSA) is 12.0 Å². The van der Waals surface area contributed by atoms with Crippen molar-refractivity contribution in [2.75, 3.05) is 6.54 Å². The maximum absolute atomic E-state index is 11.9. The van der Waals surface area contributed by atoms with Crippen LogP contribution in [0.3, 0.4) is 0 Å². The zero-order valence-electron chi connectivity index (χ0n) is 9.52. The van der Waals surface area contributed by atoms with Crippen LogP contribution in [0.1, 0.15) is 31.4 Å². The van der Waals surface area contributed by atoms with Gasteiger partial charge in [0.05, 0.1) is 0 Å². The summed E-state index contributed by atoms with van der Waals surface area (Å²) in [4.78, 5) is 0. The molecule has 96 valence electrons. The van der Waals surface area contributed by atoms with Crippen molar-refractivity contribution in [1.82, 2.24) is 5.32 Å². The van der Waals surface area contributed by atoms with Gasteiger partial charge in [0.15, 0.2) is 0 Å². The molecule has 0 spiro atoms. The molecule has 0 saturated carbocycles. The maximum Gasteiger partial charge on any atom is 0.389 e. The van der Waals surface area contributed by atoms with E-state index in [0.717, 1.165) is 5.56 Å². The van der Waals surface area contributed by atoms with E-state index in [0.29, 0.717) is 11.6 Å². The summed E-state index contributed by atoms with van der Waals surface area (Å²) in [6, 6.07) is 7.30. The molecular weight excluding hydrogens is 251 g/mol. The van der Waals surface area contributed by atoms with Gasteiger partial charge in [0, 0.05) is 17.5 Å². The second kappa shape index (κ2) is 6.26. The Morgan fingerprint density at radius 1 is 1.24 bits per heavy atom. The summed E-state index contributed by atoms with van der Waals surface area (Å²) in [5.74, 6) is 0. The molecule has 0 aromatic heterocycles. The van der Waals surface area contributed by atoms with Crippen LogP contribution >= 0.6 is 11.6 Å². The van der Waals surface area contributed by atoms with Crippen molar-refractivity contribution in [3.05, 3.63) is 34.9 Å². The predicted molar refractivity (Wildman–Crippen MR) is 63.2 cm³/mol. The highest BCUT2D eigenvalue weighted by molar-refractivity contribution is 6.30. The van der Waals surface area contributed by atoms with Crippen LogP contribution < -0.4 is 5.32 Å². The van der Waals surface area contributed by atoms with E-state index in [4.69, 9.17) is 11.6 Å². The van der Waals surface area contributed by atoms with Gasteiger partial charge in [-0.25, -0.2) is 0 Å². The molecule has 0 aliphatic heterocycles. The van der Waals surface area contributed by atoms with Gasteiger partial charge in [0.2, 0.25) is 0 Å². The second-order valence-corrected chi connectivity index (χ2v) is 4.38. The number of nitrogens with one attached hydrogen (secondary N) is 1. The first kappa shape index (κ1) is 14.3. The molecule has 1 rings (SSSR count). The Kier molecular flexibility index (Phi) is 5.28. The molecule has 0 saturated heterocycles. The fourth-order valence-corrected chi connectivity index (χ4v) is 1.60. The third-order valence-corrected chi connectivity index (χ3v) is 2.71. The van der Waals surface area contributed by atoms with Crippen molar-refractivity contribution in [3.63, 3.8) is 0 Å². The fourth-order valence-electron chi connectivity index (χ4n) is 1.48. The highest BCUT2D eigenvalue weighted by Gasteiger charge is 2.25. The van der Waals surface area contributed by atoms with E-state index < -0.39 is 12.6 Å². The number of benzene rings is 1. The molecule has 17 heavy (non-hydrogen) atoms. The molecule has 0 aliphatic carbocycles. The maximum atomic E-state index is 11.9. The molecule has 0 aliphatic rings. The normalized spacial score (nSPS) is 13.7. The van der Waals surface area contributed by atoms with Gasteiger partial charge in [-0.1, -0.05) is 23.7 Å². The number of halogens is 4. The van der Waals surface area contributed by atoms with Crippen LogP contribution in [-0.2, 0) is 0 Å². The van der Waals surface area contributed by atoms with E-state index in [9.17, 15) is 13.2 Å². The summed E-state index contributed by atoms with van der Waals surface area (Å²) in [5, 5.41) is 3.70. The van der Waals surface area contributed by atoms with Gasteiger partial charge in [-0.3, -0.25) is 0 Å². The third kappa shape index (κ3) is 5.94. The molecule has 1 aromatic rings. The summed E-state index contributed by atoms with van der Waals surface area (Å²) in [5.41, 5.74) is 1.02. The first-order chi connectivity index (χ1) is 7.88. The van der Waals surface area contributed by atoms with E-state index >= 15 is 0 Å². The van der Waals surface area contributed by atoms with Crippen molar-refractivity contribution in [3.8, 4) is 0 Å². The number of hydrogen-bond donors (Lipinski definition) is 1. The van der Waals surface area contributed by atoms with Crippen LogP contribution in [0.15, 0.2) is 24.3 Å². The van der Waals surface area contributed by atoms with Gasteiger partial charge >= 0.3 is 6.18 Å². The lowest BCUT2D eigenvalue weighted by Gasteiger charge is -2.14. The first-order valence-electron chi connectivity index (χ1n) is 5.44. The van der Waals surface area contributed by atoms with Gasteiger partial charge in [0.25, 0.3) is 0 Å². The summed E-state index contributed by atoms with van der Waals surface area (Å²) in [7, 11) is 0. The minimum absolute atomic E-state index is 0.0282. The highest BCUT2D eigenvalue weighted by Crippen LogP contribution is 2.21. The Labute approximate surface area is 104 Å². The summed E-state index contributed by atoms with van der Waals surface area (Å²) < 4.78 is 35.7. The van der Waals surface area contributed by atoms with Crippen LogP contribution in [0.2, 0.25) is 5.02 Å². The zero-order valence-corrected chi connectivity index (χ0v) is 10.3. The second-order valence-electron chi connectivity index (χ2n) is 3.95. The molecule has 0 amide bonds. The van der Waals surface area contributed by atoms with Crippen molar-refractivity contribution >= 4 is 11.6 Å². The fraction of sp³-hybridized carbons (Fsp3) is 0.500. The molecule has 0 fully saturated rings. The number of alkyl halides is 3. The van der Waals surface area contributed by atoms with Crippen LogP contribution in [-0.4, -0.2) is 12.7 Å². The van der Waals surface area contributed by atoms with Gasteiger partial charge in [0.1, 0.15) is 0 Å². The lowest BCUT2D eigenvalue weighted by molar-refractivity contribution is -0.135. The third-order valence-electron chi connectivity index (χ3n) is 2.46. The molecule has 1 N–H and O–H groups in total. The highest BCUT2D eigenvalue weighted by atomic mass is 35.5. The number of rotatable bonds is 5. The van der Waals surface area contributed by atoms with Gasteiger partial charge in [-0.15, -0.1) is 0 Å². The Balaban J connectivity index is 2.30. The Morgan fingerprint density at radius 2 is 1.82 bits per heavy atom. The molecule has 0 heterocycles. The lowest BCUT2D eigenvalue weighted by atomic mass is 10.1. The monoisotopic (exact) mass is 265 g/mol. The van der Waals surface area contributed by atoms with Crippen molar-refractivity contribution in [1.29, 1.82) is 0 Å². The SMILES string of the molecule is CC(NCCCC(F)(F)F)c1ccc(Cl)cc1. The van der Waals surface area contributed by atoms with Crippen LogP contribution in [0, 0.1) is 0 Å². The Morgan fingerprint density at radius 3 is 2.35 bits per heavy atom. The minimum Gasteiger partial charge on any atom is -0.310 e. The quantitative estimate of drug-likeness (QED) is 0.781. The average molecular weight is 266 g/mol. The van der Waals surface area contributed by atoms with Gasteiger partial charge < -0.3 is 5.32 Å². The van der Waals surface area contributed by atoms with E-state index in [-0.39, 0.29) is 12.5 Å². The molecular formula is C12H15ClF3N. The van der Waals surface area contributed by atoms with Crippen molar-refractivity contribution in [2.24, 2.45) is 0 Å². The number of hydrogen-bond acceptors (Lipinski definition) is 1.